The molecule has 0 spiro atoms. The Morgan fingerprint density at radius 1 is 1.16 bits per heavy atom. The lowest BCUT2D eigenvalue weighted by Crippen LogP contribution is -2.62. The van der Waals surface area contributed by atoms with Gasteiger partial charge in [-0.2, -0.15) is 0 Å². The van der Waals surface area contributed by atoms with Crippen LogP contribution in [0.5, 0.6) is 0 Å². The number of carbonyl (C=O) groups is 1. The van der Waals surface area contributed by atoms with E-state index in [0.717, 1.165) is 21.6 Å². The highest BCUT2D eigenvalue weighted by Gasteiger charge is 2.49. The Morgan fingerprint density at radius 3 is 2.55 bits per heavy atom. The minimum Gasteiger partial charge on any atom is -0.345 e. The molecule has 1 saturated heterocycles. The Bertz CT molecular complexity index is 1170. The molecule has 2 aliphatic rings. The van der Waals surface area contributed by atoms with Crippen LogP contribution in [0.4, 0.5) is 0 Å². The van der Waals surface area contributed by atoms with Crippen LogP contribution < -0.4 is 5.32 Å². The molecular weight excluding hydrogens is 428 g/mol. The maximum Gasteiger partial charge on any atom is 0.239 e. The molecule has 3 aromatic rings. The van der Waals surface area contributed by atoms with Crippen LogP contribution in [0.25, 0.3) is 11.1 Å². The van der Waals surface area contributed by atoms with E-state index in [9.17, 15) is 4.79 Å². The normalized spacial score (nSPS) is 23.7. The lowest BCUT2D eigenvalue weighted by Gasteiger charge is -2.45. The molecule has 2 aromatic heterocycles. The molecule has 0 unspecified atom stereocenters. The number of thiophene rings is 1. The lowest BCUT2D eigenvalue weighted by atomic mass is 9.76. The summed E-state index contributed by atoms with van der Waals surface area (Å²) >= 11 is 7.70. The van der Waals surface area contributed by atoms with Crippen LogP contribution in [0.2, 0.25) is 5.02 Å². The number of aromatic nitrogens is 1. The van der Waals surface area contributed by atoms with Gasteiger partial charge < -0.3 is 5.32 Å². The topological polar surface area (TPSA) is 69.1 Å². The summed E-state index contributed by atoms with van der Waals surface area (Å²) in [6.45, 7) is 2.01. The summed E-state index contributed by atoms with van der Waals surface area (Å²) in [6, 6.07) is 12.4. The van der Waals surface area contributed by atoms with Crippen molar-refractivity contribution in [3.8, 4) is 11.1 Å². The first-order chi connectivity index (χ1) is 14.9. The fourth-order valence-electron chi connectivity index (χ4n) is 4.34. The fraction of sp³-hybridized carbons (Fsp3) is 0.292. The Hall–Kier alpha value is -2.70. The van der Waals surface area contributed by atoms with Crippen molar-refractivity contribution in [1.29, 1.82) is 5.41 Å². The molecule has 1 saturated carbocycles. The molecule has 3 heterocycles. The number of rotatable bonds is 4. The summed E-state index contributed by atoms with van der Waals surface area (Å²) in [5, 5.41) is 14.3. The SMILES string of the molecule is CN1C(=N)N[C@](C)(c2cc(-c3cncc(Cl)c3)cs2)[C@H](c2ccc(C3CC3)cc2)C1=O. The van der Waals surface area contributed by atoms with Gasteiger partial charge in [-0.1, -0.05) is 35.9 Å². The molecule has 5 nitrogen and oxygen atoms in total. The number of nitrogens with zero attached hydrogens (tertiary/aromatic N) is 2. The van der Waals surface area contributed by atoms with E-state index in [0.29, 0.717) is 10.9 Å². The Morgan fingerprint density at radius 2 is 1.87 bits per heavy atom. The standard InChI is InChI=1S/C24H23ClN4OS/c1-24(20-10-18(13-31-20)17-9-19(25)12-27-11-17)21(22(30)29(2)23(26)28-24)16-7-5-15(6-8-16)14-3-4-14/h5-14,21H,3-4H2,1-2H3,(H2,26,28)/t21-,24-/m1/s1. The minimum atomic E-state index is -0.739. The van der Waals surface area contributed by atoms with Crippen LogP contribution in [-0.2, 0) is 10.3 Å². The van der Waals surface area contributed by atoms with E-state index >= 15 is 0 Å². The first-order valence-corrected chi connectivity index (χ1v) is 11.6. The summed E-state index contributed by atoms with van der Waals surface area (Å²) in [5.41, 5.74) is 3.49. The molecule has 1 aliphatic carbocycles. The molecule has 158 valence electrons. The first-order valence-electron chi connectivity index (χ1n) is 10.3. The molecule has 0 bridgehead atoms. The highest BCUT2D eigenvalue weighted by Crippen LogP contribution is 2.45. The summed E-state index contributed by atoms with van der Waals surface area (Å²) in [6.07, 6.45) is 5.89. The second-order valence-corrected chi connectivity index (χ2v) is 9.89. The predicted octanol–water partition coefficient (Wildman–Crippen LogP) is 5.34. The van der Waals surface area contributed by atoms with E-state index < -0.39 is 11.5 Å². The number of hydrogen-bond donors (Lipinski definition) is 2. The van der Waals surface area contributed by atoms with Crippen molar-refractivity contribution in [1.82, 2.24) is 15.2 Å². The van der Waals surface area contributed by atoms with Gasteiger partial charge in [0.2, 0.25) is 5.91 Å². The molecule has 31 heavy (non-hydrogen) atoms. The van der Waals surface area contributed by atoms with E-state index in [4.69, 9.17) is 17.0 Å². The molecule has 1 aliphatic heterocycles. The van der Waals surface area contributed by atoms with Crippen molar-refractivity contribution in [2.45, 2.75) is 37.1 Å². The Labute approximate surface area is 190 Å². The zero-order valence-corrected chi connectivity index (χ0v) is 18.9. The van der Waals surface area contributed by atoms with E-state index in [2.05, 4.69) is 46.0 Å². The molecule has 5 rings (SSSR count). The molecule has 2 atom stereocenters. The number of nitrogens with one attached hydrogen (secondary N) is 2. The maximum atomic E-state index is 13.4. The number of hydrogen-bond acceptors (Lipinski definition) is 4. The van der Waals surface area contributed by atoms with Crippen LogP contribution >= 0.6 is 22.9 Å². The van der Waals surface area contributed by atoms with E-state index in [1.165, 1.54) is 23.3 Å². The van der Waals surface area contributed by atoms with Crippen LogP contribution in [0.15, 0.2) is 54.2 Å². The van der Waals surface area contributed by atoms with Gasteiger partial charge in [0, 0.05) is 29.9 Å². The smallest absolute Gasteiger partial charge is 0.239 e. The zero-order chi connectivity index (χ0) is 21.8. The lowest BCUT2D eigenvalue weighted by molar-refractivity contribution is -0.131. The molecule has 1 aromatic carbocycles. The van der Waals surface area contributed by atoms with Gasteiger partial charge in [-0.25, -0.2) is 0 Å². The third kappa shape index (κ3) is 3.54. The van der Waals surface area contributed by atoms with Crippen LogP contribution in [0.1, 0.15) is 47.6 Å². The van der Waals surface area contributed by atoms with Gasteiger partial charge in [0.25, 0.3) is 0 Å². The number of guanidine groups is 1. The number of benzene rings is 1. The molecule has 2 N–H and O–H groups in total. The van der Waals surface area contributed by atoms with Crippen LogP contribution in [-0.4, -0.2) is 28.8 Å². The van der Waals surface area contributed by atoms with Gasteiger partial charge in [0.15, 0.2) is 5.96 Å². The third-order valence-corrected chi connectivity index (χ3v) is 7.71. The molecule has 7 heteroatoms. The van der Waals surface area contributed by atoms with Crippen molar-refractivity contribution in [3.63, 3.8) is 0 Å². The molecule has 1 amide bonds. The highest BCUT2D eigenvalue weighted by atomic mass is 35.5. The highest BCUT2D eigenvalue weighted by molar-refractivity contribution is 7.10. The number of carbonyl (C=O) groups excluding carboxylic acids is 1. The van der Waals surface area contributed by atoms with E-state index in [1.807, 2.05) is 13.0 Å². The van der Waals surface area contributed by atoms with Gasteiger partial charge in [-0.3, -0.25) is 20.1 Å². The average molecular weight is 451 g/mol. The minimum absolute atomic E-state index is 0.0789. The van der Waals surface area contributed by atoms with Gasteiger partial charge in [0.1, 0.15) is 0 Å². The average Bonchev–Trinajstić information content (AvgIpc) is 3.48. The fourth-order valence-corrected chi connectivity index (χ4v) is 5.58. The number of likely N-dealkylation sites (N-methyl/N-ethyl adjacent to an activating group) is 1. The Balaban J connectivity index is 1.56. The molecule has 0 radical (unpaired) electrons. The number of pyridine rings is 1. The van der Waals surface area contributed by atoms with E-state index in [1.54, 1.807) is 30.8 Å². The largest absolute Gasteiger partial charge is 0.345 e. The second kappa shape index (κ2) is 7.46. The first kappa shape index (κ1) is 20.2. The molecule has 2 fully saturated rings. The van der Waals surface area contributed by atoms with Crippen molar-refractivity contribution in [3.05, 3.63) is 75.2 Å². The van der Waals surface area contributed by atoms with Gasteiger partial charge in [-0.05, 0) is 59.9 Å². The van der Waals surface area contributed by atoms with Gasteiger partial charge in [-0.15, -0.1) is 11.3 Å². The summed E-state index contributed by atoms with van der Waals surface area (Å²) < 4.78 is 0. The van der Waals surface area contributed by atoms with Crippen molar-refractivity contribution >= 4 is 34.8 Å². The summed E-state index contributed by atoms with van der Waals surface area (Å²) in [4.78, 5) is 20.0. The van der Waals surface area contributed by atoms with Crippen molar-refractivity contribution < 1.29 is 4.79 Å². The maximum absolute atomic E-state index is 13.4. The quantitative estimate of drug-likeness (QED) is 0.564. The van der Waals surface area contributed by atoms with Gasteiger partial charge >= 0.3 is 0 Å². The Kier molecular flexibility index (Phi) is 4.87. The van der Waals surface area contributed by atoms with Gasteiger partial charge in [0.05, 0.1) is 16.5 Å². The summed E-state index contributed by atoms with van der Waals surface area (Å²) in [7, 11) is 1.65. The second-order valence-electron chi connectivity index (χ2n) is 8.54. The predicted molar refractivity (Wildman–Crippen MR) is 125 cm³/mol. The zero-order valence-electron chi connectivity index (χ0n) is 17.4. The van der Waals surface area contributed by atoms with Crippen LogP contribution in [0.3, 0.4) is 0 Å². The van der Waals surface area contributed by atoms with E-state index in [-0.39, 0.29) is 11.9 Å². The molecular formula is C24H23ClN4OS. The monoisotopic (exact) mass is 450 g/mol. The number of halogens is 1. The van der Waals surface area contributed by atoms with Crippen LogP contribution in [0, 0.1) is 5.41 Å². The summed E-state index contributed by atoms with van der Waals surface area (Å²) in [5.74, 6) is 0.258. The number of amides is 1. The van der Waals surface area contributed by atoms with Crippen molar-refractivity contribution in [2.24, 2.45) is 0 Å². The third-order valence-electron chi connectivity index (χ3n) is 6.34. The van der Waals surface area contributed by atoms with Crippen molar-refractivity contribution in [2.75, 3.05) is 7.05 Å².